The number of nitrogens with zero attached hydrogens (tertiary/aromatic N) is 2. The van der Waals surface area contributed by atoms with Gasteiger partial charge in [-0.15, -0.1) is 6.58 Å². The molecule has 0 fully saturated rings. The largest absolute Gasteiger partial charge is 0.463 e. The molecule has 0 unspecified atom stereocenters. The van der Waals surface area contributed by atoms with Crippen molar-refractivity contribution in [3.8, 4) is 0 Å². The highest BCUT2D eigenvalue weighted by Gasteiger charge is 1.88. The van der Waals surface area contributed by atoms with E-state index in [2.05, 4.69) is 27.6 Å². The zero-order valence-corrected chi connectivity index (χ0v) is 9.02. The van der Waals surface area contributed by atoms with E-state index in [0.29, 0.717) is 13.2 Å². The molecule has 82 valence electrons. The molecular formula is C9H18N2O3. The van der Waals surface area contributed by atoms with Crippen LogP contribution < -0.4 is 0 Å². The van der Waals surface area contributed by atoms with Gasteiger partial charge in [0.25, 0.3) is 0 Å². The highest BCUT2D eigenvalue weighted by molar-refractivity contribution is 5.65. The van der Waals surface area contributed by atoms with E-state index < -0.39 is 0 Å². The van der Waals surface area contributed by atoms with Crippen LogP contribution in [0.25, 0.3) is 5.53 Å². The van der Waals surface area contributed by atoms with Crippen molar-refractivity contribution in [3.63, 3.8) is 0 Å². The molecule has 14 heavy (non-hydrogen) atoms. The van der Waals surface area contributed by atoms with Crippen molar-refractivity contribution < 1.29 is 19.1 Å². The Hall–Kier alpha value is -1.45. The summed E-state index contributed by atoms with van der Waals surface area (Å²) in [7, 11) is 1.56. The number of ether oxygens (including phenoxy) is 2. The van der Waals surface area contributed by atoms with Crippen molar-refractivity contribution in [2.75, 3.05) is 20.3 Å². The van der Waals surface area contributed by atoms with E-state index >= 15 is 0 Å². The van der Waals surface area contributed by atoms with E-state index in [1.54, 1.807) is 13.2 Å². The highest BCUT2D eigenvalue weighted by Crippen LogP contribution is 1.74. The number of esters is 1. The van der Waals surface area contributed by atoms with E-state index in [-0.39, 0.29) is 5.97 Å². The Morgan fingerprint density at radius 1 is 1.57 bits per heavy atom. The molecule has 0 aliphatic heterocycles. The van der Waals surface area contributed by atoms with Gasteiger partial charge >= 0.3 is 5.97 Å². The van der Waals surface area contributed by atoms with Crippen LogP contribution in [0.1, 0.15) is 13.8 Å². The monoisotopic (exact) mass is 202 g/mol. The summed E-state index contributed by atoms with van der Waals surface area (Å²) in [5, 5.41) is 0. The minimum atomic E-state index is -0.262. The zero-order chi connectivity index (χ0) is 11.8. The summed E-state index contributed by atoms with van der Waals surface area (Å²) in [6.45, 7) is 10.1. The quantitative estimate of drug-likeness (QED) is 0.173. The van der Waals surface area contributed by atoms with E-state index in [1.165, 1.54) is 6.92 Å². The van der Waals surface area contributed by atoms with E-state index in [0.717, 1.165) is 0 Å². The van der Waals surface area contributed by atoms with Gasteiger partial charge in [-0.05, 0) is 6.92 Å². The summed E-state index contributed by atoms with van der Waals surface area (Å²) in [5.41, 5.74) is 7.08. The number of allylic oxidation sites excluding steroid dienone is 1. The maximum Gasteiger partial charge on any atom is 0.302 e. The van der Waals surface area contributed by atoms with Crippen LogP contribution in [0.3, 0.4) is 0 Å². The summed E-state index contributed by atoms with van der Waals surface area (Å²) < 4.78 is 9.13. The summed E-state index contributed by atoms with van der Waals surface area (Å²) in [4.78, 5) is 12.3. The van der Waals surface area contributed by atoms with Crippen LogP contribution in [0.4, 0.5) is 0 Å². The average Bonchev–Trinajstić information content (AvgIpc) is 2.07. The van der Waals surface area contributed by atoms with Gasteiger partial charge in [0, 0.05) is 14.0 Å². The van der Waals surface area contributed by atoms with Crippen molar-refractivity contribution in [2.45, 2.75) is 13.8 Å². The standard InChI is InChI=1S/C5H10O3.C3H6.CH2N2/c1-5(6)8-4-3-7-2;2*1-3-2/h3-4H2,1-2H3;3H,1H2,2H3;1H2. The molecule has 0 bridgehead atoms. The van der Waals surface area contributed by atoms with Gasteiger partial charge in [-0.2, -0.15) is 4.79 Å². The molecule has 0 N–H and O–H groups in total. The maximum atomic E-state index is 10.0. The smallest absolute Gasteiger partial charge is 0.302 e. The number of hydrogen-bond acceptors (Lipinski definition) is 3. The van der Waals surface area contributed by atoms with Gasteiger partial charge in [0.15, 0.2) is 0 Å². The third kappa shape index (κ3) is 76.3. The first-order valence-electron chi connectivity index (χ1n) is 3.90. The van der Waals surface area contributed by atoms with Crippen LogP contribution >= 0.6 is 0 Å². The van der Waals surface area contributed by atoms with Crippen LogP contribution in [-0.2, 0) is 14.3 Å². The molecule has 0 spiro atoms. The number of rotatable bonds is 3. The van der Waals surface area contributed by atoms with E-state index in [4.69, 9.17) is 5.53 Å². The van der Waals surface area contributed by atoms with Crippen molar-refractivity contribution in [1.29, 1.82) is 0 Å². The molecule has 0 aliphatic rings. The highest BCUT2D eigenvalue weighted by atomic mass is 16.6. The number of methoxy groups -OCH3 is 1. The molecule has 0 saturated carbocycles. The first-order chi connectivity index (χ1) is 6.60. The molecule has 0 aromatic heterocycles. The third-order valence-electron chi connectivity index (χ3n) is 0.593. The maximum absolute atomic E-state index is 10.0. The van der Waals surface area contributed by atoms with Crippen molar-refractivity contribution in [3.05, 3.63) is 18.2 Å². The molecule has 5 heteroatoms. The lowest BCUT2D eigenvalue weighted by atomic mass is 10.7. The van der Waals surface area contributed by atoms with Crippen LogP contribution in [0.5, 0.6) is 0 Å². The lowest BCUT2D eigenvalue weighted by molar-refractivity contribution is -0.142. The molecule has 0 rings (SSSR count). The lowest BCUT2D eigenvalue weighted by Crippen LogP contribution is -2.05. The first kappa shape index (κ1) is 18.4. The summed E-state index contributed by atoms with van der Waals surface area (Å²) in [6.07, 6.45) is 1.75. The van der Waals surface area contributed by atoms with Gasteiger partial charge in [-0.3, -0.25) is 4.79 Å². The molecule has 0 heterocycles. The van der Waals surface area contributed by atoms with Crippen molar-refractivity contribution in [1.82, 2.24) is 0 Å². The van der Waals surface area contributed by atoms with Crippen LogP contribution in [0, 0.1) is 0 Å². The van der Waals surface area contributed by atoms with Gasteiger partial charge in [0.2, 0.25) is 6.72 Å². The Morgan fingerprint density at radius 3 is 2.14 bits per heavy atom. The molecule has 0 saturated heterocycles. The molecule has 0 atom stereocenters. The molecular weight excluding hydrogens is 184 g/mol. The third-order valence-corrected chi connectivity index (χ3v) is 0.593. The van der Waals surface area contributed by atoms with Crippen molar-refractivity contribution in [2.24, 2.45) is 0 Å². The predicted octanol–water partition coefficient (Wildman–Crippen LogP) is 1.30. The average molecular weight is 202 g/mol. The second-order valence-electron chi connectivity index (χ2n) is 1.88. The van der Waals surface area contributed by atoms with E-state index in [1.807, 2.05) is 6.92 Å². The Morgan fingerprint density at radius 2 is 1.93 bits per heavy atom. The van der Waals surface area contributed by atoms with Gasteiger partial charge in [0.1, 0.15) is 6.61 Å². The minimum absolute atomic E-state index is 0.262. The van der Waals surface area contributed by atoms with Gasteiger partial charge in [-0.1, -0.05) is 6.08 Å². The lowest BCUT2D eigenvalue weighted by Gasteiger charge is -1.97. The second kappa shape index (κ2) is 22.6. The van der Waals surface area contributed by atoms with Crippen molar-refractivity contribution >= 4 is 12.7 Å². The fourth-order valence-electron chi connectivity index (χ4n) is 0.269. The summed E-state index contributed by atoms with van der Waals surface area (Å²) in [6, 6.07) is 0. The predicted molar refractivity (Wildman–Crippen MR) is 55.1 cm³/mol. The Kier molecular flexibility index (Phi) is 29.6. The zero-order valence-electron chi connectivity index (χ0n) is 9.02. The van der Waals surface area contributed by atoms with Gasteiger partial charge in [-0.25, -0.2) is 0 Å². The normalized spacial score (nSPS) is 6.50. The fraction of sp³-hybridized carbons (Fsp3) is 0.556. The summed E-state index contributed by atoms with van der Waals surface area (Å²) >= 11 is 0. The van der Waals surface area contributed by atoms with Gasteiger partial charge < -0.3 is 15.0 Å². The SMILES string of the molecule is C=CC.C=[N+]=[N-].COCCOC(C)=O. The molecule has 0 amide bonds. The number of carbonyl (C=O) groups is 1. The topological polar surface area (TPSA) is 71.9 Å². The number of hydrogen-bond donors (Lipinski definition) is 0. The molecule has 0 aromatic rings. The second-order valence-corrected chi connectivity index (χ2v) is 1.88. The van der Waals surface area contributed by atoms with Gasteiger partial charge in [0.05, 0.1) is 6.61 Å². The Balaban J connectivity index is -0.000000168. The Labute approximate surface area is 85.0 Å². The Bertz CT molecular complexity index is 163. The molecule has 0 aliphatic carbocycles. The fourth-order valence-corrected chi connectivity index (χ4v) is 0.269. The number of carbonyl (C=O) groups excluding carboxylic acids is 1. The minimum Gasteiger partial charge on any atom is -0.463 e. The van der Waals surface area contributed by atoms with Crippen LogP contribution in [-0.4, -0.2) is 37.8 Å². The first-order valence-corrected chi connectivity index (χ1v) is 3.90. The van der Waals surface area contributed by atoms with Crippen LogP contribution in [0.15, 0.2) is 12.7 Å². The van der Waals surface area contributed by atoms with Crippen LogP contribution in [0.2, 0.25) is 0 Å². The summed E-state index contributed by atoms with van der Waals surface area (Å²) in [5.74, 6) is -0.262. The molecule has 0 radical (unpaired) electrons. The van der Waals surface area contributed by atoms with E-state index in [9.17, 15) is 4.79 Å². The molecule has 0 aromatic carbocycles. The molecule has 5 nitrogen and oxygen atoms in total.